The van der Waals surface area contributed by atoms with Crippen molar-refractivity contribution in [3.8, 4) is 17.2 Å². The molecule has 14 heteroatoms. The quantitative estimate of drug-likeness (QED) is 0.274. The number of rotatable bonds is 10. The first-order chi connectivity index (χ1) is 18.7. The smallest absolute Gasteiger partial charge is 0.338 e. The summed E-state index contributed by atoms with van der Waals surface area (Å²) in [6, 6.07) is 3.00. The zero-order chi connectivity index (χ0) is 28.3. The number of nitrogens with one attached hydrogen (secondary N) is 1. The molecule has 0 saturated carbocycles. The lowest BCUT2D eigenvalue weighted by molar-refractivity contribution is -0.900. The second-order valence-corrected chi connectivity index (χ2v) is 9.20. The summed E-state index contributed by atoms with van der Waals surface area (Å²) >= 11 is 0. The molecule has 3 aromatic rings. The highest BCUT2D eigenvalue weighted by Gasteiger charge is 2.27. The van der Waals surface area contributed by atoms with Gasteiger partial charge in [-0.25, -0.2) is 9.59 Å². The van der Waals surface area contributed by atoms with Gasteiger partial charge in [-0.05, 0) is 12.1 Å². The maximum absolute atomic E-state index is 13.2. The fraction of sp³-hybridized carbons (Fsp3) is 0.520. The first-order valence-corrected chi connectivity index (χ1v) is 12.6. The van der Waals surface area contributed by atoms with Crippen molar-refractivity contribution in [1.82, 2.24) is 18.7 Å². The molecule has 3 heterocycles. The third kappa shape index (κ3) is 5.29. The van der Waals surface area contributed by atoms with Crippen LogP contribution in [-0.4, -0.2) is 97.0 Å². The summed E-state index contributed by atoms with van der Waals surface area (Å²) in [5, 5.41) is 9.28. The van der Waals surface area contributed by atoms with E-state index >= 15 is 0 Å². The molecule has 0 unspecified atom stereocenters. The number of hydrogen-bond donors (Lipinski definition) is 2. The van der Waals surface area contributed by atoms with Crippen LogP contribution in [0.25, 0.3) is 11.2 Å². The number of fused-ring (bicyclic) bond motifs is 1. The predicted molar refractivity (Wildman–Crippen MR) is 141 cm³/mol. The van der Waals surface area contributed by atoms with E-state index in [1.807, 2.05) is 4.90 Å². The van der Waals surface area contributed by atoms with Crippen molar-refractivity contribution < 1.29 is 33.7 Å². The van der Waals surface area contributed by atoms with E-state index in [9.17, 15) is 19.5 Å². The van der Waals surface area contributed by atoms with E-state index in [2.05, 4.69) is 4.98 Å². The molecule has 1 aliphatic rings. The van der Waals surface area contributed by atoms with Crippen LogP contribution in [0, 0.1) is 0 Å². The Labute approximate surface area is 224 Å². The maximum Gasteiger partial charge on any atom is 0.338 e. The van der Waals surface area contributed by atoms with Gasteiger partial charge in [0, 0.05) is 14.1 Å². The molecule has 0 radical (unpaired) electrons. The third-order valence-corrected chi connectivity index (χ3v) is 7.00. The highest BCUT2D eigenvalue weighted by atomic mass is 16.5. The lowest BCUT2D eigenvalue weighted by Crippen LogP contribution is -3.15. The Kier molecular flexibility index (Phi) is 8.45. The second kappa shape index (κ2) is 11.8. The minimum absolute atomic E-state index is 0.0598. The molecule has 39 heavy (non-hydrogen) atoms. The lowest BCUT2D eigenvalue weighted by atomic mass is 10.2. The van der Waals surface area contributed by atoms with Crippen molar-refractivity contribution in [2.24, 2.45) is 14.1 Å². The minimum Gasteiger partial charge on any atom is -0.493 e. The standard InChI is InChI=1S/C25H34N6O8/c1-27-21-19(22(33)28(2)25(27)35)31(24(26-21)30-8-6-29(7-9-30)10-12-32)11-13-39-23(34)16-14-17(36-3)20(38-5)18(15-16)37-4/h14-15,32H,6-13H2,1-5H3/p+1. The average molecular weight is 548 g/mol. The highest BCUT2D eigenvalue weighted by molar-refractivity contribution is 5.91. The van der Waals surface area contributed by atoms with Gasteiger partial charge >= 0.3 is 11.7 Å². The second-order valence-electron chi connectivity index (χ2n) is 9.20. The number of piperazine rings is 1. The van der Waals surface area contributed by atoms with E-state index in [1.54, 1.807) is 11.6 Å². The molecule has 0 amide bonds. The van der Waals surface area contributed by atoms with Crippen LogP contribution in [0.3, 0.4) is 0 Å². The van der Waals surface area contributed by atoms with Gasteiger partial charge in [0.1, 0.15) is 13.2 Å². The van der Waals surface area contributed by atoms with Crippen LogP contribution >= 0.6 is 0 Å². The van der Waals surface area contributed by atoms with E-state index in [0.717, 1.165) is 17.7 Å². The maximum atomic E-state index is 13.2. The number of anilines is 1. The van der Waals surface area contributed by atoms with Crippen LogP contribution in [0.2, 0.25) is 0 Å². The van der Waals surface area contributed by atoms with Gasteiger partial charge in [-0.15, -0.1) is 0 Å². The number of aromatic nitrogens is 4. The van der Waals surface area contributed by atoms with Crippen LogP contribution in [0.15, 0.2) is 21.7 Å². The largest absolute Gasteiger partial charge is 0.493 e. The van der Waals surface area contributed by atoms with Crippen molar-refractivity contribution in [1.29, 1.82) is 0 Å². The number of hydrogen-bond acceptors (Lipinski definition) is 10. The summed E-state index contributed by atoms with van der Waals surface area (Å²) in [7, 11) is 7.37. The van der Waals surface area contributed by atoms with Crippen LogP contribution < -0.4 is 35.3 Å². The molecule has 14 nitrogen and oxygen atoms in total. The predicted octanol–water partition coefficient (Wildman–Crippen LogP) is -1.99. The minimum atomic E-state index is -0.609. The Balaban J connectivity index is 1.63. The summed E-state index contributed by atoms with van der Waals surface area (Å²) in [6.07, 6.45) is 0. The van der Waals surface area contributed by atoms with Gasteiger partial charge in [0.2, 0.25) is 11.7 Å². The fourth-order valence-electron chi connectivity index (χ4n) is 4.83. The Bertz CT molecular complexity index is 1440. The van der Waals surface area contributed by atoms with E-state index in [1.165, 1.54) is 50.0 Å². The van der Waals surface area contributed by atoms with Crippen LogP contribution in [0.1, 0.15) is 10.4 Å². The Morgan fingerprint density at radius 2 is 1.67 bits per heavy atom. The first-order valence-electron chi connectivity index (χ1n) is 12.6. The number of nitrogens with zero attached hydrogens (tertiary/aromatic N) is 5. The zero-order valence-corrected chi connectivity index (χ0v) is 22.9. The summed E-state index contributed by atoms with van der Waals surface area (Å²) in [5.41, 5.74) is -0.230. The van der Waals surface area contributed by atoms with E-state index in [0.29, 0.717) is 42.8 Å². The lowest BCUT2D eigenvalue weighted by Gasteiger charge is -2.32. The number of aliphatic hydroxyl groups excluding tert-OH is 1. The summed E-state index contributed by atoms with van der Waals surface area (Å²) in [6.45, 7) is 3.73. The normalized spacial score (nSPS) is 14.1. The van der Waals surface area contributed by atoms with Crippen LogP contribution in [-0.2, 0) is 25.4 Å². The number of benzene rings is 1. The van der Waals surface area contributed by atoms with E-state index < -0.39 is 17.2 Å². The van der Waals surface area contributed by atoms with Gasteiger partial charge < -0.3 is 38.4 Å². The molecule has 4 rings (SSSR count). The molecular weight excluding hydrogens is 512 g/mol. The number of ether oxygens (including phenoxy) is 4. The highest BCUT2D eigenvalue weighted by Crippen LogP contribution is 2.38. The number of quaternary nitrogens is 1. The van der Waals surface area contributed by atoms with Gasteiger partial charge in [-0.2, -0.15) is 4.98 Å². The molecule has 0 spiro atoms. The SMILES string of the molecule is COc1cc(C(=O)OCCn2c(N3CC[NH+](CCO)CC3)nc3c2c(=O)n(C)c(=O)n3C)cc(OC)c1OC. The Hall–Kier alpha value is -4.04. The molecule has 2 aromatic heterocycles. The van der Waals surface area contributed by atoms with Crippen molar-refractivity contribution in [2.45, 2.75) is 6.54 Å². The number of carbonyl (C=O) groups excluding carboxylic acids is 1. The number of methoxy groups -OCH3 is 3. The zero-order valence-electron chi connectivity index (χ0n) is 22.9. The molecule has 0 atom stereocenters. The van der Waals surface area contributed by atoms with Gasteiger partial charge in [0.05, 0.1) is 66.2 Å². The van der Waals surface area contributed by atoms with E-state index in [4.69, 9.17) is 18.9 Å². The fourth-order valence-corrected chi connectivity index (χ4v) is 4.83. The number of esters is 1. The Morgan fingerprint density at radius 3 is 2.23 bits per heavy atom. The molecule has 1 aromatic carbocycles. The molecule has 212 valence electrons. The topological polar surface area (TPSA) is 144 Å². The molecular formula is C25H35N6O8+. The monoisotopic (exact) mass is 547 g/mol. The van der Waals surface area contributed by atoms with Gasteiger partial charge in [-0.1, -0.05) is 0 Å². The summed E-state index contributed by atoms with van der Waals surface area (Å²) in [4.78, 5) is 46.7. The van der Waals surface area contributed by atoms with Crippen molar-refractivity contribution >= 4 is 23.1 Å². The number of aryl methyl sites for hydroxylation is 1. The molecule has 2 N–H and O–H groups in total. The molecule has 0 aliphatic carbocycles. The summed E-state index contributed by atoms with van der Waals surface area (Å²) < 4.78 is 25.6. The van der Waals surface area contributed by atoms with Gasteiger partial charge in [-0.3, -0.25) is 13.9 Å². The van der Waals surface area contributed by atoms with Crippen molar-refractivity contribution in [3.63, 3.8) is 0 Å². The molecule has 1 fully saturated rings. The third-order valence-electron chi connectivity index (χ3n) is 7.00. The first kappa shape index (κ1) is 28.0. The van der Waals surface area contributed by atoms with E-state index in [-0.39, 0.29) is 36.5 Å². The Morgan fingerprint density at radius 1 is 1.03 bits per heavy atom. The molecule has 1 saturated heterocycles. The van der Waals surface area contributed by atoms with Crippen molar-refractivity contribution in [3.05, 3.63) is 38.5 Å². The number of aliphatic hydroxyl groups is 1. The van der Waals surface area contributed by atoms with Crippen molar-refractivity contribution in [2.75, 3.05) is 72.2 Å². The van der Waals surface area contributed by atoms with Crippen LogP contribution in [0.5, 0.6) is 17.2 Å². The summed E-state index contributed by atoms with van der Waals surface area (Å²) in [5.74, 6) is 0.905. The number of imidazole rings is 1. The van der Waals surface area contributed by atoms with Gasteiger partial charge in [0.15, 0.2) is 22.7 Å². The van der Waals surface area contributed by atoms with Gasteiger partial charge in [0.25, 0.3) is 5.56 Å². The molecule has 1 aliphatic heterocycles. The molecule has 0 bridgehead atoms. The average Bonchev–Trinajstić information content (AvgIpc) is 3.34. The number of carbonyl (C=O) groups is 1. The van der Waals surface area contributed by atoms with Crippen LogP contribution in [0.4, 0.5) is 5.95 Å².